The molecule has 6 nitrogen and oxygen atoms in total. The second-order valence-corrected chi connectivity index (χ2v) is 5.80. The molecule has 0 aliphatic heterocycles. The number of ether oxygens (including phenoxy) is 1. The Morgan fingerprint density at radius 2 is 1.96 bits per heavy atom. The molecule has 1 heterocycles. The number of rotatable bonds is 5. The van der Waals surface area contributed by atoms with Crippen LogP contribution in [0.2, 0.25) is 0 Å². The number of aromatic nitrogens is 1. The van der Waals surface area contributed by atoms with Crippen LogP contribution in [0.5, 0.6) is 5.88 Å². The number of aryl methyl sites for hydroxylation is 2. The van der Waals surface area contributed by atoms with Crippen LogP contribution in [0.3, 0.4) is 0 Å². The van der Waals surface area contributed by atoms with Crippen molar-refractivity contribution in [3.05, 3.63) is 56.4 Å². The number of nitriles is 1. The molecule has 0 aliphatic rings. The Kier molecular flexibility index (Phi) is 5.73. The summed E-state index contributed by atoms with van der Waals surface area (Å²) < 4.78 is 6.11. The average molecular weight is 339 g/mol. The quantitative estimate of drug-likeness (QED) is 0.849. The van der Waals surface area contributed by atoms with Crippen LogP contribution in [-0.4, -0.2) is 29.6 Å². The average Bonchev–Trinajstić information content (AvgIpc) is 2.57. The van der Waals surface area contributed by atoms with Crippen molar-refractivity contribution < 1.29 is 9.84 Å². The van der Waals surface area contributed by atoms with E-state index in [1.54, 1.807) is 6.92 Å². The van der Waals surface area contributed by atoms with Crippen LogP contribution in [0.4, 0.5) is 5.69 Å². The zero-order valence-electron chi connectivity index (χ0n) is 14.8. The normalized spacial score (nSPS) is 11.0. The first-order valence-electron chi connectivity index (χ1n) is 7.88. The van der Waals surface area contributed by atoms with Gasteiger partial charge in [0, 0.05) is 13.3 Å². The summed E-state index contributed by atoms with van der Waals surface area (Å²) in [4.78, 5) is 16.8. The summed E-state index contributed by atoms with van der Waals surface area (Å²) in [6, 6.07) is 7.77. The van der Waals surface area contributed by atoms with Gasteiger partial charge in [0.15, 0.2) is 0 Å². The van der Waals surface area contributed by atoms with E-state index < -0.39 is 5.56 Å². The number of aromatic hydroxyl groups is 1. The molecule has 0 atom stereocenters. The minimum absolute atomic E-state index is 0.00291. The molecule has 0 bridgehead atoms. The van der Waals surface area contributed by atoms with Crippen LogP contribution in [0.1, 0.15) is 27.8 Å². The highest BCUT2D eigenvalue weighted by atomic mass is 16.5. The standard InChI is InChI=1S/C19H21N3O3/c1-12-6-5-7-13(2)17(12)21-11-16-14(3)15(10-20)18(23)22(19(16)24)8-9-25-4/h5-7,11,24H,8-9H2,1-4H3. The topological polar surface area (TPSA) is 87.6 Å². The molecule has 0 amide bonds. The molecule has 1 N–H and O–H groups in total. The largest absolute Gasteiger partial charge is 0.494 e. The van der Waals surface area contributed by atoms with E-state index in [2.05, 4.69) is 4.99 Å². The van der Waals surface area contributed by atoms with Gasteiger partial charge in [-0.2, -0.15) is 5.26 Å². The van der Waals surface area contributed by atoms with Gasteiger partial charge in [0.25, 0.3) is 5.56 Å². The number of methoxy groups -OCH3 is 1. The number of nitrogens with zero attached hydrogens (tertiary/aromatic N) is 3. The molecule has 0 radical (unpaired) electrons. The Hall–Kier alpha value is -2.91. The van der Waals surface area contributed by atoms with E-state index >= 15 is 0 Å². The lowest BCUT2D eigenvalue weighted by Crippen LogP contribution is -2.26. The molecule has 130 valence electrons. The van der Waals surface area contributed by atoms with Crippen LogP contribution in [0.25, 0.3) is 0 Å². The van der Waals surface area contributed by atoms with E-state index in [1.807, 2.05) is 38.1 Å². The zero-order valence-corrected chi connectivity index (χ0v) is 14.8. The van der Waals surface area contributed by atoms with Gasteiger partial charge in [-0.05, 0) is 37.5 Å². The molecule has 0 saturated heterocycles. The molecule has 0 unspecified atom stereocenters. The van der Waals surface area contributed by atoms with Crippen molar-refractivity contribution in [1.82, 2.24) is 4.57 Å². The molecule has 0 fully saturated rings. The van der Waals surface area contributed by atoms with Crippen molar-refractivity contribution in [2.75, 3.05) is 13.7 Å². The van der Waals surface area contributed by atoms with Crippen molar-refractivity contribution in [3.8, 4) is 11.9 Å². The van der Waals surface area contributed by atoms with Gasteiger partial charge in [0.2, 0.25) is 5.88 Å². The molecular formula is C19H21N3O3. The van der Waals surface area contributed by atoms with E-state index in [9.17, 15) is 15.2 Å². The summed E-state index contributed by atoms with van der Waals surface area (Å²) in [6.45, 7) is 5.93. The fourth-order valence-corrected chi connectivity index (χ4v) is 2.65. The van der Waals surface area contributed by atoms with Gasteiger partial charge in [0.05, 0.1) is 24.4 Å². The third-order valence-electron chi connectivity index (χ3n) is 4.13. The van der Waals surface area contributed by atoms with E-state index in [1.165, 1.54) is 13.3 Å². The predicted molar refractivity (Wildman–Crippen MR) is 96.9 cm³/mol. The van der Waals surface area contributed by atoms with Crippen molar-refractivity contribution in [3.63, 3.8) is 0 Å². The van der Waals surface area contributed by atoms with E-state index in [0.29, 0.717) is 11.1 Å². The van der Waals surface area contributed by atoms with E-state index in [-0.39, 0.29) is 24.6 Å². The maximum Gasteiger partial charge on any atom is 0.271 e. The number of aliphatic imine (C=N–C) groups is 1. The second-order valence-electron chi connectivity index (χ2n) is 5.80. The van der Waals surface area contributed by atoms with Crippen molar-refractivity contribution in [2.45, 2.75) is 27.3 Å². The Morgan fingerprint density at radius 3 is 2.52 bits per heavy atom. The first kappa shape index (κ1) is 18.4. The number of hydrogen-bond donors (Lipinski definition) is 1. The van der Waals surface area contributed by atoms with Gasteiger partial charge in [0.1, 0.15) is 11.6 Å². The van der Waals surface area contributed by atoms with Gasteiger partial charge < -0.3 is 9.84 Å². The monoisotopic (exact) mass is 339 g/mol. The zero-order chi connectivity index (χ0) is 18.6. The molecule has 0 saturated carbocycles. The summed E-state index contributed by atoms with van der Waals surface area (Å²) in [5.74, 6) is -0.214. The Labute approximate surface area is 146 Å². The van der Waals surface area contributed by atoms with Crippen LogP contribution < -0.4 is 5.56 Å². The van der Waals surface area contributed by atoms with Crippen molar-refractivity contribution >= 4 is 11.9 Å². The summed E-state index contributed by atoms with van der Waals surface area (Å²) in [6.07, 6.45) is 1.50. The highest BCUT2D eigenvalue weighted by Crippen LogP contribution is 2.25. The number of pyridine rings is 1. The van der Waals surface area contributed by atoms with Gasteiger partial charge in [-0.1, -0.05) is 18.2 Å². The van der Waals surface area contributed by atoms with Crippen molar-refractivity contribution in [2.24, 2.45) is 4.99 Å². The lowest BCUT2D eigenvalue weighted by Gasteiger charge is -2.13. The summed E-state index contributed by atoms with van der Waals surface area (Å²) in [7, 11) is 1.50. The molecule has 2 aromatic rings. The van der Waals surface area contributed by atoms with Gasteiger partial charge in [-0.15, -0.1) is 0 Å². The highest BCUT2D eigenvalue weighted by molar-refractivity contribution is 5.87. The summed E-state index contributed by atoms with van der Waals surface area (Å²) in [5.41, 5.74) is 3.04. The fraction of sp³-hybridized carbons (Fsp3) is 0.316. The predicted octanol–water partition coefficient (Wildman–Crippen LogP) is 2.75. The molecule has 2 rings (SSSR count). The Bertz CT molecular complexity index is 901. The van der Waals surface area contributed by atoms with Gasteiger partial charge in [-0.3, -0.25) is 14.4 Å². The van der Waals surface area contributed by atoms with Crippen molar-refractivity contribution in [1.29, 1.82) is 5.26 Å². The summed E-state index contributed by atoms with van der Waals surface area (Å²) >= 11 is 0. The number of para-hydroxylation sites is 1. The summed E-state index contributed by atoms with van der Waals surface area (Å²) in [5, 5.41) is 19.8. The molecule has 6 heteroatoms. The maximum atomic E-state index is 12.4. The fourth-order valence-electron chi connectivity index (χ4n) is 2.65. The van der Waals surface area contributed by atoms with Gasteiger partial charge >= 0.3 is 0 Å². The highest BCUT2D eigenvalue weighted by Gasteiger charge is 2.17. The SMILES string of the molecule is COCCn1c(O)c(C=Nc2c(C)cccc2C)c(C)c(C#N)c1=O. The maximum absolute atomic E-state index is 12.4. The third kappa shape index (κ3) is 3.62. The smallest absolute Gasteiger partial charge is 0.271 e. The minimum Gasteiger partial charge on any atom is -0.494 e. The molecular weight excluding hydrogens is 318 g/mol. The minimum atomic E-state index is -0.529. The molecule has 1 aromatic heterocycles. The van der Waals surface area contributed by atoms with Crippen LogP contribution in [0.15, 0.2) is 28.0 Å². The van der Waals surface area contributed by atoms with Crippen LogP contribution in [-0.2, 0) is 11.3 Å². The van der Waals surface area contributed by atoms with Crippen LogP contribution >= 0.6 is 0 Å². The third-order valence-corrected chi connectivity index (χ3v) is 4.13. The van der Waals surface area contributed by atoms with Crippen LogP contribution in [0, 0.1) is 32.1 Å². The van der Waals surface area contributed by atoms with E-state index in [4.69, 9.17) is 4.74 Å². The van der Waals surface area contributed by atoms with Gasteiger partial charge in [-0.25, -0.2) is 0 Å². The molecule has 0 spiro atoms. The Morgan fingerprint density at radius 1 is 1.32 bits per heavy atom. The number of benzene rings is 1. The second kappa shape index (κ2) is 7.77. The lowest BCUT2D eigenvalue weighted by atomic mass is 10.1. The molecule has 0 aliphatic carbocycles. The molecule has 25 heavy (non-hydrogen) atoms. The first-order valence-corrected chi connectivity index (χ1v) is 7.88. The Balaban J connectivity index is 2.63. The number of hydrogen-bond acceptors (Lipinski definition) is 5. The van der Waals surface area contributed by atoms with E-state index in [0.717, 1.165) is 21.4 Å². The lowest BCUT2D eigenvalue weighted by molar-refractivity contribution is 0.182. The molecule has 1 aromatic carbocycles. The first-order chi connectivity index (χ1) is 11.9.